The number of nitrogens with one attached hydrogen (secondary N) is 1. The molecule has 0 aliphatic rings. The van der Waals surface area contributed by atoms with E-state index in [0.717, 1.165) is 22.2 Å². The third-order valence-corrected chi connectivity index (χ3v) is 5.61. The van der Waals surface area contributed by atoms with Crippen molar-refractivity contribution in [3.05, 3.63) is 69.8 Å². The standard InChI is InChI=1S/C23H22N2O3S/c1-13-9-14(2)20(15(3)10-13)18-12-29-23(24-18)25-22(26)21-17(11-27-4)16-7-5-6-8-19(16)28-21/h5-10,12H,11H2,1-4H3,(H,24,25,26). The number of methoxy groups -OCH3 is 1. The van der Waals surface area contributed by atoms with Crippen LogP contribution >= 0.6 is 11.3 Å². The van der Waals surface area contributed by atoms with Crippen molar-refractivity contribution in [2.45, 2.75) is 27.4 Å². The fraction of sp³-hybridized carbons (Fsp3) is 0.217. The van der Waals surface area contributed by atoms with E-state index in [9.17, 15) is 4.79 Å². The van der Waals surface area contributed by atoms with Gasteiger partial charge in [0.25, 0.3) is 5.91 Å². The largest absolute Gasteiger partial charge is 0.451 e. The summed E-state index contributed by atoms with van der Waals surface area (Å²) in [6.07, 6.45) is 0. The van der Waals surface area contributed by atoms with Gasteiger partial charge in [-0.15, -0.1) is 11.3 Å². The average Bonchev–Trinajstić information content (AvgIpc) is 3.26. The van der Waals surface area contributed by atoms with Gasteiger partial charge in [-0.3, -0.25) is 10.1 Å². The van der Waals surface area contributed by atoms with Crippen LogP contribution in [0.4, 0.5) is 5.13 Å². The van der Waals surface area contributed by atoms with Gasteiger partial charge in [0.2, 0.25) is 0 Å². The molecule has 5 nitrogen and oxygen atoms in total. The highest BCUT2D eigenvalue weighted by Crippen LogP contribution is 2.32. The van der Waals surface area contributed by atoms with Crippen LogP contribution < -0.4 is 5.32 Å². The third kappa shape index (κ3) is 3.69. The number of benzene rings is 2. The summed E-state index contributed by atoms with van der Waals surface area (Å²) >= 11 is 1.40. The molecule has 0 unspecified atom stereocenters. The van der Waals surface area contributed by atoms with Gasteiger partial charge in [0.1, 0.15) is 5.58 Å². The molecule has 2 heterocycles. The number of fused-ring (bicyclic) bond motifs is 1. The molecule has 1 amide bonds. The Morgan fingerprint density at radius 1 is 1.17 bits per heavy atom. The summed E-state index contributed by atoms with van der Waals surface area (Å²) in [6.45, 7) is 6.54. The Morgan fingerprint density at radius 2 is 1.90 bits per heavy atom. The Labute approximate surface area is 173 Å². The van der Waals surface area contributed by atoms with Gasteiger partial charge in [-0.05, 0) is 38.0 Å². The van der Waals surface area contributed by atoms with Gasteiger partial charge in [0.15, 0.2) is 10.9 Å². The van der Waals surface area contributed by atoms with Crippen LogP contribution in [0.5, 0.6) is 0 Å². The van der Waals surface area contributed by atoms with Crippen LogP contribution in [0, 0.1) is 20.8 Å². The quantitative estimate of drug-likeness (QED) is 0.449. The zero-order valence-electron chi connectivity index (χ0n) is 16.8. The Hall–Kier alpha value is -2.96. The summed E-state index contributed by atoms with van der Waals surface area (Å²) in [5.41, 5.74) is 6.94. The van der Waals surface area contributed by atoms with Crippen molar-refractivity contribution in [1.29, 1.82) is 0 Å². The number of furan rings is 1. The van der Waals surface area contributed by atoms with Crippen molar-refractivity contribution in [2.75, 3.05) is 12.4 Å². The molecule has 1 N–H and O–H groups in total. The molecule has 2 aromatic heterocycles. The van der Waals surface area contributed by atoms with Crippen LogP contribution in [0.1, 0.15) is 32.8 Å². The van der Waals surface area contributed by atoms with Crippen LogP contribution in [0.25, 0.3) is 22.2 Å². The van der Waals surface area contributed by atoms with Gasteiger partial charge in [-0.2, -0.15) is 0 Å². The molecule has 0 bridgehead atoms. The van der Waals surface area contributed by atoms with Crippen molar-refractivity contribution in [3.63, 3.8) is 0 Å². The molecule has 148 valence electrons. The number of anilines is 1. The molecular weight excluding hydrogens is 384 g/mol. The topological polar surface area (TPSA) is 64.4 Å². The lowest BCUT2D eigenvalue weighted by molar-refractivity contribution is 0.0992. The first-order valence-electron chi connectivity index (χ1n) is 9.32. The molecule has 0 atom stereocenters. The summed E-state index contributed by atoms with van der Waals surface area (Å²) in [7, 11) is 1.60. The smallest absolute Gasteiger partial charge is 0.293 e. The Kier molecular flexibility index (Phi) is 5.22. The second-order valence-corrected chi connectivity index (χ2v) is 7.96. The van der Waals surface area contributed by atoms with Crippen molar-refractivity contribution in [1.82, 2.24) is 4.98 Å². The van der Waals surface area contributed by atoms with Gasteiger partial charge in [0.05, 0.1) is 12.3 Å². The molecule has 0 spiro atoms. The second kappa shape index (κ2) is 7.81. The molecule has 0 saturated heterocycles. The molecule has 0 radical (unpaired) electrons. The van der Waals surface area contributed by atoms with E-state index in [-0.39, 0.29) is 11.7 Å². The maximum absolute atomic E-state index is 12.9. The van der Waals surface area contributed by atoms with E-state index >= 15 is 0 Å². The number of aromatic nitrogens is 1. The van der Waals surface area contributed by atoms with Gasteiger partial charge in [0, 0.05) is 29.0 Å². The number of rotatable bonds is 5. The predicted octanol–water partition coefficient (Wildman–Crippen LogP) is 5.88. The fourth-order valence-corrected chi connectivity index (χ4v) is 4.45. The molecule has 29 heavy (non-hydrogen) atoms. The lowest BCUT2D eigenvalue weighted by Crippen LogP contribution is -2.13. The molecule has 4 aromatic rings. The summed E-state index contributed by atoms with van der Waals surface area (Å²) < 4.78 is 11.1. The van der Waals surface area contributed by atoms with Gasteiger partial charge >= 0.3 is 0 Å². The van der Waals surface area contributed by atoms with Gasteiger partial charge < -0.3 is 9.15 Å². The van der Waals surface area contributed by atoms with E-state index in [4.69, 9.17) is 9.15 Å². The molecule has 0 aliphatic heterocycles. The number of carbonyl (C=O) groups is 1. The van der Waals surface area contributed by atoms with Crippen molar-refractivity contribution < 1.29 is 13.9 Å². The lowest BCUT2D eigenvalue weighted by atomic mass is 9.98. The minimum absolute atomic E-state index is 0.257. The SMILES string of the molecule is COCc1c(C(=O)Nc2nc(-c3c(C)cc(C)cc3C)cs2)oc2ccccc12. The number of thiazole rings is 1. The Morgan fingerprint density at radius 3 is 2.62 bits per heavy atom. The number of hydrogen-bond acceptors (Lipinski definition) is 5. The summed E-state index contributed by atoms with van der Waals surface area (Å²) in [5, 5.41) is 6.26. The van der Waals surface area contributed by atoms with Gasteiger partial charge in [-0.25, -0.2) is 4.98 Å². The van der Waals surface area contributed by atoms with Crippen LogP contribution in [-0.2, 0) is 11.3 Å². The zero-order chi connectivity index (χ0) is 20.5. The monoisotopic (exact) mass is 406 g/mol. The molecular formula is C23H22N2O3S. The Bertz CT molecular complexity index is 1180. The summed E-state index contributed by atoms with van der Waals surface area (Å²) in [6, 6.07) is 11.8. The maximum Gasteiger partial charge on any atom is 0.293 e. The normalized spacial score (nSPS) is 11.2. The number of nitrogens with zero attached hydrogens (tertiary/aromatic N) is 1. The number of para-hydroxylation sites is 1. The fourth-order valence-electron chi connectivity index (χ4n) is 3.75. The van der Waals surface area contributed by atoms with Crippen LogP contribution in [0.15, 0.2) is 46.2 Å². The maximum atomic E-state index is 12.9. The van der Waals surface area contributed by atoms with Crippen molar-refractivity contribution in [2.24, 2.45) is 0 Å². The first-order chi connectivity index (χ1) is 14.0. The van der Waals surface area contributed by atoms with Crippen LogP contribution in [0.3, 0.4) is 0 Å². The van der Waals surface area contributed by atoms with Crippen molar-refractivity contribution in [3.8, 4) is 11.3 Å². The highest BCUT2D eigenvalue weighted by Gasteiger charge is 2.21. The van der Waals surface area contributed by atoms with E-state index in [0.29, 0.717) is 17.3 Å². The average molecular weight is 407 g/mol. The minimum Gasteiger partial charge on any atom is -0.451 e. The summed E-state index contributed by atoms with van der Waals surface area (Å²) in [4.78, 5) is 17.6. The van der Waals surface area contributed by atoms with E-state index in [1.807, 2.05) is 29.6 Å². The van der Waals surface area contributed by atoms with Crippen LogP contribution in [-0.4, -0.2) is 18.0 Å². The minimum atomic E-state index is -0.327. The number of hydrogen-bond donors (Lipinski definition) is 1. The third-order valence-electron chi connectivity index (χ3n) is 4.85. The summed E-state index contributed by atoms with van der Waals surface area (Å²) in [5.74, 6) is -0.0704. The highest BCUT2D eigenvalue weighted by molar-refractivity contribution is 7.14. The lowest BCUT2D eigenvalue weighted by Gasteiger charge is -2.08. The molecule has 0 saturated carbocycles. The molecule has 0 aliphatic carbocycles. The van der Waals surface area contributed by atoms with E-state index in [2.05, 4.69) is 43.2 Å². The van der Waals surface area contributed by atoms with E-state index in [1.54, 1.807) is 7.11 Å². The van der Waals surface area contributed by atoms with Crippen LogP contribution in [0.2, 0.25) is 0 Å². The molecule has 4 rings (SSSR count). The Balaban J connectivity index is 1.64. The van der Waals surface area contributed by atoms with Gasteiger partial charge in [-0.1, -0.05) is 35.9 Å². The van der Waals surface area contributed by atoms with E-state index in [1.165, 1.54) is 28.0 Å². The predicted molar refractivity (Wildman–Crippen MR) is 117 cm³/mol. The first-order valence-corrected chi connectivity index (χ1v) is 10.2. The molecule has 0 fully saturated rings. The molecule has 2 aromatic carbocycles. The highest BCUT2D eigenvalue weighted by atomic mass is 32.1. The zero-order valence-corrected chi connectivity index (χ0v) is 17.6. The number of carbonyl (C=O) groups excluding carboxylic acids is 1. The first kappa shape index (κ1) is 19.4. The van der Waals surface area contributed by atoms with E-state index < -0.39 is 0 Å². The van der Waals surface area contributed by atoms with Crippen molar-refractivity contribution >= 4 is 33.3 Å². The molecule has 6 heteroatoms. The number of aryl methyl sites for hydroxylation is 3. The second-order valence-electron chi connectivity index (χ2n) is 7.10. The number of amides is 1. The number of ether oxygens (including phenoxy) is 1.